The molecule has 0 aromatic heterocycles. The average molecular weight is 393 g/mol. The Morgan fingerprint density at radius 2 is 1.66 bits per heavy atom. The van der Waals surface area contributed by atoms with Crippen molar-refractivity contribution >= 4 is 16.7 Å². The third-order valence-corrected chi connectivity index (χ3v) is 4.80. The Morgan fingerprint density at radius 3 is 2.34 bits per heavy atom. The van der Waals surface area contributed by atoms with Crippen LogP contribution in [0.4, 0.5) is 0 Å². The molecule has 29 heavy (non-hydrogen) atoms. The van der Waals surface area contributed by atoms with Gasteiger partial charge in [0, 0.05) is 18.7 Å². The molecule has 5 heteroatoms. The molecule has 0 aliphatic carbocycles. The van der Waals surface area contributed by atoms with E-state index >= 15 is 0 Å². The molecule has 0 radical (unpaired) electrons. The number of rotatable bonds is 9. The van der Waals surface area contributed by atoms with E-state index in [2.05, 4.69) is 6.92 Å². The smallest absolute Gasteiger partial charge is 0.254 e. The van der Waals surface area contributed by atoms with Crippen LogP contribution in [0.1, 0.15) is 23.7 Å². The lowest BCUT2D eigenvalue weighted by molar-refractivity contribution is 0.0687. The van der Waals surface area contributed by atoms with Crippen LogP contribution in [0.2, 0.25) is 0 Å². The van der Waals surface area contributed by atoms with Gasteiger partial charge in [-0.3, -0.25) is 4.79 Å². The van der Waals surface area contributed by atoms with Gasteiger partial charge < -0.3 is 19.8 Å². The zero-order valence-electron chi connectivity index (χ0n) is 16.7. The van der Waals surface area contributed by atoms with E-state index in [0.29, 0.717) is 12.2 Å². The first-order valence-electron chi connectivity index (χ1n) is 9.95. The second kappa shape index (κ2) is 10.0. The molecule has 0 fully saturated rings. The molecule has 3 aromatic rings. The highest BCUT2D eigenvalue weighted by molar-refractivity contribution is 6.11. The van der Waals surface area contributed by atoms with E-state index in [-0.39, 0.29) is 32.2 Å². The van der Waals surface area contributed by atoms with Gasteiger partial charge in [-0.1, -0.05) is 49.4 Å². The summed E-state index contributed by atoms with van der Waals surface area (Å²) in [6.07, 6.45) is 0.947. The molecule has 3 aromatic carbocycles. The fraction of sp³-hybridized carbons (Fsp3) is 0.292. The molecule has 0 aliphatic rings. The van der Waals surface area contributed by atoms with Gasteiger partial charge >= 0.3 is 0 Å². The van der Waals surface area contributed by atoms with E-state index in [0.717, 1.165) is 34.1 Å². The number of hydrogen-bond donors (Lipinski definition) is 2. The van der Waals surface area contributed by atoms with Crippen molar-refractivity contribution in [2.75, 3.05) is 32.9 Å². The van der Waals surface area contributed by atoms with Gasteiger partial charge in [0.05, 0.1) is 19.8 Å². The molecule has 0 bridgehead atoms. The maximum absolute atomic E-state index is 13.0. The molecule has 3 rings (SSSR count). The number of carbonyl (C=O) groups excluding carboxylic acids is 1. The number of ether oxygens (including phenoxy) is 1. The highest BCUT2D eigenvalue weighted by Crippen LogP contribution is 2.33. The normalized spacial score (nSPS) is 10.9. The summed E-state index contributed by atoms with van der Waals surface area (Å²) in [5.41, 5.74) is 2.61. The molecule has 0 unspecified atom stereocenters. The number of amides is 1. The number of nitrogens with zero attached hydrogens (tertiary/aromatic N) is 1. The van der Waals surface area contributed by atoms with Gasteiger partial charge in [-0.15, -0.1) is 0 Å². The van der Waals surface area contributed by atoms with Crippen molar-refractivity contribution in [2.24, 2.45) is 0 Å². The number of fused-ring (bicyclic) bond motifs is 1. The Hall–Kier alpha value is -2.89. The van der Waals surface area contributed by atoms with Gasteiger partial charge in [-0.05, 0) is 46.5 Å². The molecule has 0 spiro atoms. The lowest BCUT2D eigenvalue weighted by atomic mass is 9.94. The summed E-state index contributed by atoms with van der Waals surface area (Å²) in [6, 6.07) is 19.5. The monoisotopic (exact) mass is 393 g/mol. The molecular formula is C24H27NO4. The third-order valence-electron chi connectivity index (χ3n) is 4.80. The summed E-state index contributed by atoms with van der Waals surface area (Å²) in [5, 5.41) is 20.3. The van der Waals surface area contributed by atoms with Crippen LogP contribution in [-0.4, -0.2) is 53.9 Å². The van der Waals surface area contributed by atoms with Crippen molar-refractivity contribution in [3.05, 3.63) is 66.2 Å². The van der Waals surface area contributed by atoms with E-state index in [4.69, 9.17) is 4.74 Å². The summed E-state index contributed by atoms with van der Waals surface area (Å²) in [4.78, 5) is 14.5. The average Bonchev–Trinajstić information content (AvgIpc) is 2.76. The van der Waals surface area contributed by atoms with E-state index < -0.39 is 0 Å². The second-order valence-electron chi connectivity index (χ2n) is 6.82. The minimum absolute atomic E-state index is 0.147. The number of aliphatic hydroxyl groups excluding tert-OH is 2. The van der Waals surface area contributed by atoms with Gasteiger partial charge in [-0.25, -0.2) is 0 Å². The van der Waals surface area contributed by atoms with Crippen LogP contribution in [0.5, 0.6) is 5.75 Å². The largest absolute Gasteiger partial charge is 0.494 e. The minimum Gasteiger partial charge on any atom is -0.494 e. The molecule has 0 aliphatic heterocycles. The molecule has 0 saturated heterocycles. The first-order chi connectivity index (χ1) is 14.2. The van der Waals surface area contributed by atoms with Crippen molar-refractivity contribution in [2.45, 2.75) is 13.3 Å². The van der Waals surface area contributed by atoms with Crippen LogP contribution in [0, 0.1) is 0 Å². The molecule has 152 valence electrons. The van der Waals surface area contributed by atoms with Crippen LogP contribution in [0.15, 0.2) is 60.7 Å². The van der Waals surface area contributed by atoms with Crippen LogP contribution < -0.4 is 4.74 Å². The first kappa shape index (κ1) is 20.8. The van der Waals surface area contributed by atoms with Crippen molar-refractivity contribution in [1.82, 2.24) is 4.90 Å². The fourth-order valence-corrected chi connectivity index (χ4v) is 3.44. The molecule has 2 N–H and O–H groups in total. The van der Waals surface area contributed by atoms with Gasteiger partial charge in [0.15, 0.2) is 0 Å². The van der Waals surface area contributed by atoms with Crippen molar-refractivity contribution in [1.29, 1.82) is 0 Å². The van der Waals surface area contributed by atoms with Gasteiger partial charge in [-0.2, -0.15) is 0 Å². The molecule has 0 atom stereocenters. The maximum Gasteiger partial charge on any atom is 0.254 e. The topological polar surface area (TPSA) is 70.0 Å². The Bertz CT molecular complexity index is 964. The fourth-order valence-electron chi connectivity index (χ4n) is 3.44. The number of carbonyl (C=O) groups is 1. The summed E-state index contributed by atoms with van der Waals surface area (Å²) >= 11 is 0. The standard InChI is InChI=1S/C24H27NO4/c1-2-16-29-19-7-5-6-18(17-19)20-10-11-23(22-9-4-3-8-21(20)22)24(28)25(12-14-26)13-15-27/h3-11,17,26-27H,2,12-16H2,1H3. The molecule has 0 heterocycles. The number of benzene rings is 3. The first-order valence-corrected chi connectivity index (χ1v) is 9.95. The summed E-state index contributed by atoms with van der Waals surface area (Å²) in [5.74, 6) is 0.626. The van der Waals surface area contributed by atoms with Crippen LogP contribution in [0.3, 0.4) is 0 Å². The molecule has 1 amide bonds. The Labute approximate surface area is 171 Å². The Morgan fingerprint density at radius 1 is 0.931 bits per heavy atom. The quantitative estimate of drug-likeness (QED) is 0.581. The van der Waals surface area contributed by atoms with Crippen LogP contribution in [-0.2, 0) is 0 Å². The maximum atomic E-state index is 13.0. The van der Waals surface area contributed by atoms with Gasteiger partial charge in [0.2, 0.25) is 0 Å². The summed E-state index contributed by atoms with van der Waals surface area (Å²) in [6.45, 7) is 2.82. The third kappa shape index (κ3) is 4.75. The predicted octanol–water partition coefficient (Wildman–Crippen LogP) is 3.72. The van der Waals surface area contributed by atoms with Crippen LogP contribution >= 0.6 is 0 Å². The number of aliphatic hydroxyl groups is 2. The highest BCUT2D eigenvalue weighted by Gasteiger charge is 2.19. The van der Waals surface area contributed by atoms with Crippen molar-refractivity contribution in [3.63, 3.8) is 0 Å². The van der Waals surface area contributed by atoms with E-state index in [1.807, 2.05) is 60.7 Å². The summed E-state index contributed by atoms with van der Waals surface area (Å²) < 4.78 is 5.77. The SMILES string of the molecule is CCCOc1cccc(-c2ccc(C(=O)N(CCO)CCO)c3ccccc23)c1. The Balaban J connectivity index is 2.05. The zero-order chi connectivity index (χ0) is 20.6. The molecular weight excluding hydrogens is 366 g/mol. The number of hydrogen-bond acceptors (Lipinski definition) is 4. The summed E-state index contributed by atoms with van der Waals surface area (Å²) in [7, 11) is 0. The highest BCUT2D eigenvalue weighted by atomic mass is 16.5. The van der Waals surface area contributed by atoms with E-state index in [9.17, 15) is 15.0 Å². The van der Waals surface area contributed by atoms with Crippen LogP contribution in [0.25, 0.3) is 21.9 Å². The lowest BCUT2D eigenvalue weighted by Crippen LogP contribution is -2.36. The van der Waals surface area contributed by atoms with Gasteiger partial charge in [0.25, 0.3) is 5.91 Å². The van der Waals surface area contributed by atoms with Gasteiger partial charge in [0.1, 0.15) is 5.75 Å². The zero-order valence-corrected chi connectivity index (χ0v) is 16.7. The second-order valence-corrected chi connectivity index (χ2v) is 6.82. The van der Waals surface area contributed by atoms with E-state index in [1.165, 1.54) is 4.90 Å². The molecule has 5 nitrogen and oxygen atoms in total. The van der Waals surface area contributed by atoms with Crippen molar-refractivity contribution < 1.29 is 19.7 Å². The molecule has 0 saturated carbocycles. The predicted molar refractivity (Wildman–Crippen MR) is 115 cm³/mol. The Kier molecular flexibility index (Phi) is 7.22. The lowest BCUT2D eigenvalue weighted by Gasteiger charge is -2.22. The van der Waals surface area contributed by atoms with E-state index in [1.54, 1.807) is 0 Å². The van der Waals surface area contributed by atoms with Crippen molar-refractivity contribution in [3.8, 4) is 16.9 Å². The minimum atomic E-state index is -0.198.